The molecule has 0 saturated heterocycles. The molecule has 0 spiro atoms. The van der Waals surface area contributed by atoms with Gasteiger partial charge in [0.05, 0.1) is 11.7 Å². The Bertz CT molecular complexity index is 381. The maximum atomic E-state index is 4.53. The second-order valence-corrected chi connectivity index (χ2v) is 5.76. The average Bonchev–Trinajstić information content (AvgIpc) is 2.87. The summed E-state index contributed by atoms with van der Waals surface area (Å²) in [5, 5.41) is 4.53. The number of hydrogen-bond donors (Lipinski definition) is 0. The number of fused-ring (bicyclic) bond motifs is 1. The minimum absolute atomic E-state index is 0.529. The molecule has 0 N–H and O–H groups in total. The Morgan fingerprint density at radius 2 is 2.11 bits per heavy atom. The van der Waals surface area contributed by atoms with Crippen LogP contribution >= 0.6 is 0 Å². The van der Waals surface area contributed by atoms with E-state index in [1.807, 2.05) is 6.20 Å². The van der Waals surface area contributed by atoms with Crippen LogP contribution in [-0.4, -0.2) is 51.8 Å². The SMILES string of the molecule is CCN(CC)CCC1CN(C(C)C)Cc2ccnn21. The van der Waals surface area contributed by atoms with Gasteiger partial charge in [0.25, 0.3) is 0 Å². The fraction of sp³-hybridized carbons (Fsp3) is 0.800. The molecule has 0 saturated carbocycles. The molecule has 19 heavy (non-hydrogen) atoms. The van der Waals surface area contributed by atoms with Crippen molar-refractivity contribution in [3.05, 3.63) is 18.0 Å². The topological polar surface area (TPSA) is 24.3 Å². The van der Waals surface area contributed by atoms with Crippen molar-refractivity contribution in [2.24, 2.45) is 0 Å². The molecule has 2 heterocycles. The van der Waals surface area contributed by atoms with Gasteiger partial charge in [-0.05, 0) is 39.4 Å². The molecule has 1 aromatic rings. The molecule has 0 radical (unpaired) electrons. The van der Waals surface area contributed by atoms with E-state index in [2.05, 4.69) is 53.3 Å². The van der Waals surface area contributed by atoms with Crippen LogP contribution in [0.3, 0.4) is 0 Å². The molecule has 0 amide bonds. The van der Waals surface area contributed by atoms with Crippen LogP contribution in [-0.2, 0) is 6.54 Å². The first-order chi connectivity index (χ1) is 9.15. The van der Waals surface area contributed by atoms with Crippen LogP contribution in [0.5, 0.6) is 0 Å². The summed E-state index contributed by atoms with van der Waals surface area (Å²) >= 11 is 0. The van der Waals surface area contributed by atoms with E-state index in [1.54, 1.807) is 0 Å². The summed E-state index contributed by atoms with van der Waals surface area (Å²) in [6.45, 7) is 14.7. The van der Waals surface area contributed by atoms with E-state index in [4.69, 9.17) is 0 Å². The zero-order valence-corrected chi connectivity index (χ0v) is 12.8. The number of rotatable bonds is 6. The molecule has 0 aromatic carbocycles. The van der Waals surface area contributed by atoms with E-state index in [-0.39, 0.29) is 0 Å². The van der Waals surface area contributed by atoms with Crippen LogP contribution < -0.4 is 0 Å². The van der Waals surface area contributed by atoms with Crippen molar-refractivity contribution in [3.8, 4) is 0 Å². The van der Waals surface area contributed by atoms with E-state index in [1.165, 1.54) is 18.7 Å². The highest BCUT2D eigenvalue weighted by atomic mass is 15.4. The van der Waals surface area contributed by atoms with Crippen LogP contribution in [0.4, 0.5) is 0 Å². The van der Waals surface area contributed by atoms with Gasteiger partial charge in [0.15, 0.2) is 0 Å². The van der Waals surface area contributed by atoms with Crippen molar-refractivity contribution in [1.29, 1.82) is 0 Å². The first kappa shape index (κ1) is 14.5. The number of hydrogen-bond acceptors (Lipinski definition) is 3. The highest BCUT2D eigenvalue weighted by Crippen LogP contribution is 2.24. The maximum absolute atomic E-state index is 4.53. The van der Waals surface area contributed by atoms with Crippen LogP contribution in [0.1, 0.15) is 45.9 Å². The lowest BCUT2D eigenvalue weighted by Gasteiger charge is -2.37. The molecule has 4 heteroatoms. The molecule has 1 aliphatic rings. The molecule has 0 bridgehead atoms. The van der Waals surface area contributed by atoms with Gasteiger partial charge < -0.3 is 4.90 Å². The zero-order valence-electron chi connectivity index (χ0n) is 12.8. The standard InChI is InChI=1S/C15H28N4/c1-5-17(6-2)10-8-15-12-18(13(3)4)11-14-7-9-16-19(14)15/h7,9,13,15H,5-6,8,10-12H2,1-4H3. The molecule has 1 unspecified atom stereocenters. The third-order valence-corrected chi connectivity index (χ3v) is 4.31. The molecule has 108 valence electrons. The van der Waals surface area contributed by atoms with Crippen molar-refractivity contribution in [1.82, 2.24) is 19.6 Å². The molecule has 1 aromatic heterocycles. The van der Waals surface area contributed by atoms with E-state index in [0.29, 0.717) is 12.1 Å². The first-order valence-electron chi connectivity index (χ1n) is 7.64. The van der Waals surface area contributed by atoms with Crippen molar-refractivity contribution in [2.75, 3.05) is 26.2 Å². The van der Waals surface area contributed by atoms with Gasteiger partial charge in [0, 0.05) is 31.9 Å². The monoisotopic (exact) mass is 264 g/mol. The molecule has 1 atom stereocenters. The largest absolute Gasteiger partial charge is 0.304 e. The predicted octanol–water partition coefficient (Wildman–Crippen LogP) is 2.38. The Kier molecular flexibility index (Phi) is 4.99. The fourth-order valence-electron chi connectivity index (χ4n) is 2.89. The third kappa shape index (κ3) is 3.37. The Morgan fingerprint density at radius 1 is 1.37 bits per heavy atom. The van der Waals surface area contributed by atoms with Crippen molar-refractivity contribution >= 4 is 0 Å². The maximum Gasteiger partial charge on any atom is 0.0662 e. The van der Waals surface area contributed by atoms with Gasteiger partial charge >= 0.3 is 0 Å². The summed E-state index contributed by atoms with van der Waals surface area (Å²) in [7, 11) is 0. The summed E-state index contributed by atoms with van der Waals surface area (Å²) in [5.74, 6) is 0. The van der Waals surface area contributed by atoms with Crippen LogP contribution in [0.2, 0.25) is 0 Å². The molecule has 4 nitrogen and oxygen atoms in total. The zero-order chi connectivity index (χ0) is 13.8. The van der Waals surface area contributed by atoms with Gasteiger partial charge in [-0.2, -0.15) is 5.10 Å². The summed E-state index contributed by atoms with van der Waals surface area (Å²) in [6.07, 6.45) is 3.14. The lowest BCUT2D eigenvalue weighted by Crippen LogP contribution is -2.42. The lowest BCUT2D eigenvalue weighted by atomic mass is 10.1. The predicted molar refractivity (Wildman–Crippen MR) is 79.2 cm³/mol. The molecule has 1 aliphatic heterocycles. The third-order valence-electron chi connectivity index (χ3n) is 4.31. The Morgan fingerprint density at radius 3 is 2.74 bits per heavy atom. The molecule has 2 rings (SSSR count). The van der Waals surface area contributed by atoms with E-state index < -0.39 is 0 Å². The van der Waals surface area contributed by atoms with Crippen LogP contribution in [0.25, 0.3) is 0 Å². The highest BCUT2D eigenvalue weighted by molar-refractivity contribution is 5.05. The molecular weight excluding hydrogens is 236 g/mol. The minimum atomic E-state index is 0.529. The van der Waals surface area contributed by atoms with Gasteiger partial charge in [-0.3, -0.25) is 9.58 Å². The summed E-state index contributed by atoms with van der Waals surface area (Å²) in [5.41, 5.74) is 1.37. The van der Waals surface area contributed by atoms with E-state index >= 15 is 0 Å². The van der Waals surface area contributed by atoms with Gasteiger partial charge in [0.2, 0.25) is 0 Å². The Hall–Kier alpha value is -0.870. The van der Waals surface area contributed by atoms with Gasteiger partial charge in [0.1, 0.15) is 0 Å². The second-order valence-electron chi connectivity index (χ2n) is 5.76. The Balaban J connectivity index is 2.03. The smallest absolute Gasteiger partial charge is 0.0662 e. The quantitative estimate of drug-likeness (QED) is 0.788. The second kappa shape index (κ2) is 6.53. The average molecular weight is 264 g/mol. The van der Waals surface area contributed by atoms with E-state index in [9.17, 15) is 0 Å². The number of aromatic nitrogens is 2. The Labute approximate surface area is 117 Å². The van der Waals surface area contributed by atoms with Gasteiger partial charge in [-0.1, -0.05) is 13.8 Å². The molecular formula is C15H28N4. The summed E-state index contributed by atoms with van der Waals surface area (Å²) in [6, 6.07) is 3.31. The molecule has 0 fully saturated rings. The van der Waals surface area contributed by atoms with Gasteiger partial charge in [-0.15, -0.1) is 0 Å². The van der Waals surface area contributed by atoms with Crippen molar-refractivity contribution < 1.29 is 0 Å². The fourth-order valence-corrected chi connectivity index (χ4v) is 2.89. The minimum Gasteiger partial charge on any atom is -0.304 e. The van der Waals surface area contributed by atoms with E-state index in [0.717, 1.165) is 26.2 Å². The lowest BCUT2D eigenvalue weighted by molar-refractivity contribution is 0.127. The van der Waals surface area contributed by atoms with Gasteiger partial charge in [-0.25, -0.2) is 0 Å². The summed E-state index contributed by atoms with van der Waals surface area (Å²) < 4.78 is 2.25. The number of nitrogens with zero attached hydrogens (tertiary/aromatic N) is 4. The van der Waals surface area contributed by atoms with Crippen molar-refractivity contribution in [2.45, 2.75) is 52.7 Å². The van der Waals surface area contributed by atoms with Crippen LogP contribution in [0.15, 0.2) is 12.3 Å². The summed E-state index contributed by atoms with van der Waals surface area (Å²) in [4.78, 5) is 5.06. The highest BCUT2D eigenvalue weighted by Gasteiger charge is 2.26. The molecule has 0 aliphatic carbocycles. The van der Waals surface area contributed by atoms with Crippen LogP contribution in [0, 0.1) is 0 Å². The normalized spacial score (nSPS) is 20.2. The van der Waals surface area contributed by atoms with Crippen molar-refractivity contribution in [3.63, 3.8) is 0 Å². The first-order valence-corrected chi connectivity index (χ1v) is 7.64.